The Balaban J connectivity index is 0.000000271. The van der Waals surface area contributed by atoms with Crippen LogP contribution in [0, 0.1) is 17.8 Å². The summed E-state index contributed by atoms with van der Waals surface area (Å²) in [5, 5.41) is 34.4. The number of esters is 3. The zero-order valence-corrected chi connectivity index (χ0v) is 44.5. The number of ether oxygens (including phenoxy) is 4. The lowest BCUT2D eigenvalue weighted by molar-refractivity contribution is -0.150. The number of rotatable bonds is 16. The fourth-order valence-corrected chi connectivity index (χ4v) is 8.83. The Labute approximate surface area is 437 Å². The number of H-pyrrole nitrogens is 1. The maximum Gasteiger partial charge on any atom is 0.330 e. The first-order valence-corrected chi connectivity index (χ1v) is 25.1. The third-order valence-electron chi connectivity index (χ3n) is 13.5. The third-order valence-corrected chi connectivity index (χ3v) is 13.5. The largest absolute Gasteiger partial charge is 0.481 e. The van der Waals surface area contributed by atoms with Gasteiger partial charge in [0, 0.05) is 55.2 Å². The predicted octanol–water partition coefficient (Wildman–Crippen LogP) is 10.4. The number of aliphatic carboxylic acids is 1. The van der Waals surface area contributed by atoms with E-state index in [2.05, 4.69) is 37.3 Å². The molecule has 17 nitrogen and oxygen atoms in total. The number of allylic oxidation sites excluding steroid dienone is 5. The minimum atomic E-state index is -0.811. The maximum atomic E-state index is 12.1. The smallest absolute Gasteiger partial charge is 0.330 e. The van der Waals surface area contributed by atoms with Gasteiger partial charge in [0.25, 0.3) is 0 Å². The highest BCUT2D eigenvalue weighted by Crippen LogP contribution is 2.37. The van der Waals surface area contributed by atoms with Crippen LogP contribution in [0.4, 0.5) is 0 Å². The molecule has 0 bridgehead atoms. The van der Waals surface area contributed by atoms with Gasteiger partial charge in [-0.2, -0.15) is 15.3 Å². The van der Waals surface area contributed by atoms with Crippen molar-refractivity contribution in [1.82, 2.24) is 29.8 Å². The molecule has 17 heteroatoms. The van der Waals surface area contributed by atoms with Gasteiger partial charge in [-0.25, -0.2) is 4.79 Å². The topological polar surface area (TPSA) is 227 Å². The van der Waals surface area contributed by atoms with Crippen molar-refractivity contribution in [1.29, 1.82) is 0 Å². The van der Waals surface area contributed by atoms with Gasteiger partial charge in [0.05, 0.1) is 62.1 Å². The molecular weight excluding hydrogens is 945 g/mol. The van der Waals surface area contributed by atoms with Gasteiger partial charge in [0.15, 0.2) is 6.29 Å². The van der Waals surface area contributed by atoms with Gasteiger partial charge in [-0.15, -0.1) is 0 Å². The molecule has 0 radical (unpaired) electrons. The summed E-state index contributed by atoms with van der Waals surface area (Å²) in [5.41, 5.74) is 7.05. The highest BCUT2D eigenvalue weighted by Gasteiger charge is 2.31. The Kier molecular flexibility index (Phi) is 25.1. The van der Waals surface area contributed by atoms with Crippen LogP contribution >= 0.6 is 0 Å². The number of carbonyl (C=O) groups excluding carboxylic acids is 4. The number of ketones is 1. The Bertz CT molecular complexity index is 2470. The van der Waals surface area contributed by atoms with Crippen LogP contribution in [0.5, 0.6) is 0 Å². The molecule has 4 aromatic rings. The van der Waals surface area contributed by atoms with Gasteiger partial charge < -0.3 is 29.2 Å². The van der Waals surface area contributed by atoms with E-state index in [4.69, 9.17) is 19.3 Å². The van der Waals surface area contributed by atoms with Crippen LogP contribution in [-0.2, 0) is 60.6 Å². The van der Waals surface area contributed by atoms with Crippen LogP contribution in [0.1, 0.15) is 161 Å². The Morgan fingerprint density at radius 1 is 0.770 bits per heavy atom. The van der Waals surface area contributed by atoms with Crippen molar-refractivity contribution in [2.24, 2.45) is 17.8 Å². The van der Waals surface area contributed by atoms with Crippen LogP contribution in [0.25, 0.3) is 11.1 Å². The molecule has 1 aromatic carbocycles. The van der Waals surface area contributed by atoms with E-state index >= 15 is 0 Å². The monoisotopic (exact) mass is 1030 g/mol. The summed E-state index contributed by atoms with van der Waals surface area (Å²) >= 11 is 0. The number of benzene rings is 1. The molecule has 3 heterocycles. The number of methoxy groups -OCH3 is 3. The molecule has 1 fully saturated rings. The number of nitrogens with zero attached hydrogens (tertiary/aromatic N) is 5. The number of aliphatic hydroxyl groups excluding tert-OH is 1. The molecule has 3 aliphatic rings. The van der Waals surface area contributed by atoms with Gasteiger partial charge in [-0.1, -0.05) is 55.5 Å². The number of aliphatic hydroxyl groups is 1. The summed E-state index contributed by atoms with van der Waals surface area (Å²) in [6.45, 7) is 13.6. The number of aromatic amines is 1. The fraction of sp³-hybridized carbons (Fsp3) is 0.544. The minimum absolute atomic E-state index is 0. The molecule has 3 aromatic heterocycles. The highest BCUT2D eigenvalue weighted by atomic mass is 16.6. The third kappa shape index (κ3) is 19.8. The molecule has 3 N–H and O–H groups in total. The van der Waals surface area contributed by atoms with E-state index < -0.39 is 17.8 Å². The van der Waals surface area contributed by atoms with Crippen molar-refractivity contribution in [3.63, 3.8) is 0 Å². The number of Topliss-reactive ketones (excluding diaryl/α,β-unsaturated/α-hetero) is 1. The average Bonchev–Trinajstić information content (AvgIpc) is 4.21. The Hall–Kier alpha value is -6.46. The molecule has 74 heavy (non-hydrogen) atoms. The first kappa shape index (κ1) is 61.8. The predicted molar refractivity (Wildman–Crippen MR) is 284 cm³/mol. The molecule has 0 aliphatic heterocycles. The van der Waals surface area contributed by atoms with Gasteiger partial charge in [0.2, 0.25) is 0 Å². The van der Waals surface area contributed by atoms with Crippen molar-refractivity contribution in [2.75, 3.05) is 21.3 Å². The van der Waals surface area contributed by atoms with E-state index in [-0.39, 0.29) is 60.8 Å². The van der Waals surface area contributed by atoms with E-state index in [0.29, 0.717) is 18.9 Å². The number of carboxylic acid groups (broad SMARTS) is 1. The second-order valence-corrected chi connectivity index (χ2v) is 20.4. The van der Waals surface area contributed by atoms with Crippen molar-refractivity contribution < 1.29 is 53.1 Å². The molecule has 3 atom stereocenters. The highest BCUT2D eigenvalue weighted by molar-refractivity contribution is 5.82. The second-order valence-electron chi connectivity index (χ2n) is 20.4. The maximum absolute atomic E-state index is 12.1. The van der Waals surface area contributed by atoms with Gasteiger partial charge in [-0.05, 0) is 141 Å². The zero-order valence-electron chi connectivity index (χ0n) is 44.5. The summed E-state index contributed by atoms with van der Waals surface area (Å²) in [7, 11) is 4.24. The number of nitrogens with one attached hydrogen (secondary N) is 1. The molecule has 3 aliphatic carbocycles. The summed E-state index contributed by atoms with van der Waals surface area (Å²) in [6.07, 6.45) is 25.4. The van der Waals surface area contributed by atoms with E-state index in [1.165, 1.54) is 38.6 Å². The molecule has 7 rings (SSSR count). The van der Waals surface area contributed by atoms with Crippen LogP contribution < -0.4 is 0 Å². The minimum Gasteiger partial charge on any atom is -0.481 e. The summed E-state index contributed by atoms with van der Waals surface area (Å²) in [6, 6.07) is 9.78. The summed E-state index contributed by atoms with van der Waals surface area (Å²) < 4.78 is 23.1. The van der Waals surface area contributed by atoms with E-state index in [0.717, 1.165) is 92.0 Å². The summed E-state index contributed by atoms with van der Waals surface area (Å²) in [5.74, 6) is -0.713. The van der Waals surface area contributed by atoms with Gasteiger partial charge >= 0.3 is 23.9 Å². The molecular formula is C57H82N6O11. The lowest BCUT2D eigenvalue weighted by Gasteiger charge is -2.28. The number of hydrogen-bond donors (Lipinski definition) is 3. The number of carbonyl (C=O) groups is 5. The second kappa shape index (κ2) is 30.0. The van der Waals surface area contributed by atoms with E-state index in [9.17, 15) is 29.1 Å². The van der Waals surface area contributed by atoms with Gasteiger partial charge in [0.1, 0.15) is 12.4 Å². The fourth-order valence-electron chi connectivity index (χ4n) is 8.83. The lowest BCUT2D eigenvalue weighted by atomic mass is 9.79. The quantitative estimate of drug-likeness (QED) is 0.0411. The van der Waals surface area contributed by atoms with E-state index in [1.54, 1.807) is 6.92 Å². The van der Waals surface area contributed by atoms with Crippen molar-refractivity contribution in [3.8, 4) is 0 Å². The Morgan fingerprint density at radius 2 is 1.38 bits per heavy atom. The molecule has 1 saturated carbocycles. The first-order chi connectivity index (χ1) is 34.7. The molecule has 3 unspecified atom stereocenters. The van der Waals surface area contributed by atoms with Crippen molar-refractivity contribution in [3.05, 3.63) is 114 Å². The van der Waals surface area contributed by atoms with Crippen LogP contribution in [0.3, 0.4) is 0 Å². The molecule has 0 amide bonds. The SMILES string of the molecule is C.COC(=O)C=C(C)C.COC(=O)CC(C)(C)n1cc(C2=CCC(C(C)=O)CC2)cn1.COC(O)CC(C)(C)n1cc(C2CCC(C(=O)O)CC2)cn1.O=C(OCc1ccccc1)C1CC=C(c2cn[nH]c2)CC1. The zero-order chi connectivity index (χ0) is 53.7. The standard InChI is InChI=1S/C17H24N2O3.C17H18N2O2.C16H26N2O4.C6H10O2.CH4/c1-12(20)13-5-7-14(8-6-13)15-10-18-19(11-15)17(2,3)9-16(21)22-4;20-17(21-12-13-4-2-1-3-5-13)15-8-6-14(7-9-15)16-10-18-19-11-16;1-16(2,8-14(19)22-3)18-10-13(9-17-18)11-4-6-12(7-5-11)15(20)21;1-5(2)4-6(7)8-3;/h7,10-11,13H,5-6,8-9H2,1-4H3;1-6,10-11,15H,7-9,12H2,(H,18,19);9-12,14,19H,4-8H2,1-3H3,(H,20,21);4H,1-3H3;1H4. The average molecular weight is 1030 g/mol. The van der Waals surface area contributed by atoms with Gasteiger partial charge in [-0.3, -0.25) is 33.6 Å². The number of aromatic nitrogens is 6. The lowest BCUT2D eigenvalue weighted by Crippen LogP contribution is -2.32. The van der Waals surface area contributed by atoms with E-state index in [1.807, 2.05) is 118 Å². The molecule has 0 spiro atoms. The Morgan fingerprint density at radius 3 is 1.89 bits per heavy atom. The number of carboxylic acids is 1. The molecule has 406 valence electrons. The van der Waals surface area contributed by atoms with Crippen LogP contribution in [0.2, 0.25) is 0 Å². The number of hydrogen-bond acceptors (Lipinski definition) is 13. The van der Waals surface area contributed by atoms with Crippen LogP contribution in [0.15, 0.2) is 91.3 Å². The summed E-state index contributed by atoms with van der Waals surface area (Å²) in [4.78, 5) is 56.4. The van der Waals surface area contributed by atoms with Crippen LogP contribution in [-0.4, -0.2) is 97.3 Å². The van der Waals surface area contributed by atoms with Crippen molar-refractivity contribution in [2.45, 2.75) is 163 Å². The van der Waals surface area contributed by atoms with Crippen molar-refractivity contribution >= 4 is 40.8 Å². The first-order valence-electron chi connectivity index (χ1n) is 25.1. The normalized spacial score (nSPS) is 18.7. The molecule has 0 saturated heterocycles.